The monoisotopic (exact) mass is 720 g/mol. The van der Waals surface area contributed by atoms with Crippen molar-refractivity contribution in [1.29, 1.82) is 0 Å². The first-order chi connectivity index (χ1) is 28.3. The first-order valence-electron chi connectivity index (χ1n) is 19.7. The maximum atomic E-state index is 5.41. The van der Waals surface area contributed by atoms with E-state index < -0.39 is 5.41 Å². The average molecular weight is 721 g/mol. The Morgan fingerprint density at radius 1 is 0.316 bits per heavy atom. The van der Waals surface area contributed by atoms with Crippen molar-refractivity contribution in [2.24, 2.45) is 0 Å². The van der Waals surface area contributed by atoms with Gasteiger partial charge in [0.05, 0.1) is 16.6 Å². The summed E-state index contributed by atoms with van der Waals surface area (Å²) in [6.07, 6.45) is 0. The van der Waals surface area contributed by atoms with Crippen molar-refractivity contribution in [2.45, 2.75) is 5.41 Å². The largest absolute Gasteiger partial charge is 0.228 e. The number of aromatic nitrogens is 2. The zero-order chi connectivity index (χ0) is 37.2. The van der Waals surface area contributed by atoms with Crippen LogP contribution < -0.4 is 0 Å². The minimum absolute atomic E-state index is 0.515. The minimum atomic E-state index is -0.515. The first kappa shape index (κ1) is 30.9. The molecule has 0 amide bonds. The van der Waals surface area contributed by atoms with Crippen molar-refractivity contribution < 1.29 is 0 Å². The Labute approximate surface area is 330 Å². The predicted octanol–water partition coefficient (Wildman–Crippen LogP) is 13.8. The van der Waals surface area contributed by atoms with Crippen molar-refractivity contribution in [3.05, 3.63) is 216 Å². The number of para-hydroxylation sites is 1. The van der Waals surface area contributed by atoms with Crippen LogP contribution >= 0.6 is 0 Å². The second-order valence-electron chi connectivity index (χ2n) is 15.6. The molecule has 0 radical (unpaired) electrons. The molecule has 0 fully saturated rings. The van der Waals surface area contributed by atoms with Crippen LogP contribution in [0, 0.1) is 0 Å². The minimum Gasteiger partial charge on any atom is -0.228 e. The van der Waals surface area contributed by atoms with Gasteiger partial charge >= 0.3 is 0 Å². The standard InChI is InChI=1S/C55H32N2/c1-2-13-33(14-3-1)34-25-27-35(28-26-34)53-43-19-8-11-24-50(43)56-54(57-53)36-29-30-40-39-17-6-9-22-46(39)55(48(40)31-36)47-23-10-7-18-42(47)52-44-21-12-20-41-37-15-4-5-16-38(37)45(51(41)44)32-49(52)55/h1-32H. The van der Waals surface area contributed by atoms with Crippen LogP contribution in [0.25, 0.3) is 100.0 Å². The van der Waals surface area contributed by atoms with Gasteiger partial charge < -0.3 is 0 Å². The second-order valence-corrected chi connectivity index (χ2v) is 15.6. The summed E-state index contributed by atoms with van der Waals surface area (Å²) in [5.74, 6) is 0.729. The SMILES string of the molecule is c1ccc(-c2ccc(-c3nc(-c4ccc5c(c4)C4(c6ccccc6-5)c5ccccc5-c5c4cc4c6c(cccc56)-c5ccccc5-4)nc4ccccc34)cc2)cc1. The molecule has 1 spiro atoms. The molecule has 0 aliphatic heterocycles. The first-order valence-corrected chi connectivity index (χ1v) is 19.7. The fourth-order valence-corrected chi connectivity index (χ4v) is 10.5. The molecule has 1 atom stereocenters. The van der Waals surface area contributed by atoms with E-state index in [1.807, 2.05) is 0 Å². The highest BCUT2D eigenvalue weighted by atomic mass is 14.9. The summed E-state index contributed by atoms with van der Waals surface area (Å²) in [4.78, 5) is 10.7. The Hall–Kier alpha value is -7.42. The van der Waals surface area contributed by atoms with E-state index in [0.717, 1.165) is 33.5 Å². The maximum absolute atomic E-state index is 5.41. The van der Waals surface area contributed by atoms with Crippen LogP contribution in [0.4, 0.5) is 0 Å². The van der Waals surface area contributed by atoms with Crippen molar-refractivity contribution >= 4 is 21.7 Å². The van der Waals surface area contributed by atoms with Crippen molar-refractivity contribution in [2.75, 3.05) is 0 Å². The molecule has 0 N–H and O–H groups in total. The summed E-state index contributed by atoms with van der Waals surface area (Å²) >= 11 is 0. The lowest BCUT2D eigenvalue weighted by atomic mass is 9.70. The Kier molecular flexibility index (Phi) is 6.13. The molecule has 2 nitrogen and oxygen atoms in total. The Morgan fingerprint density at radius 3 is 1.72 bits per heavy atom. The van der Waals surface area contributed by atoms with Gasteiger partial charge in [0.2, 0.25) is 0 Å². The number of hydrogen-bond donors (Lipinski definition) is 0. The molecule has 0 saturated carbocycles. The molecule has 1 aromatic heterocycles. The summed E-state index contributed by atoms with van der Waals surface area (Å²) in [5, 5.41) is 3.73. The van der Waals surface area contributed by atoms with Crippen LogP contribution in [-0.4, -0.2) is 9.97 Å². The molecule has 262 valence electrons. The van der Waals surface area contributed by atoms with Crippen LogP contribution in [0.2, 0.25) is 0 Å². The Morgan fingerprint density at radius 2 is 0.895 bits per heavy atom. The van der Waals surface area contributed by atoms with Crippen molar-refractivity contribution in [3.8, 4) is 78.3 Å². The molecule has 1 unspecified atom stereocenters. The topological polar surface area (TPSA) is 25.8 Å². The van der Waals surface area contributed by atoms with E-state index in [2.05, 4.69) is 194 Å². The van der Waals surface area contributed by atoms with Crippen molar-refractivity contribution in [3.63, 3.8) is 0 Å². The van der Waals surface area contributed by atoms with E-state index in [4.69, 9.17) is 9.97 Å². The fourth-order valence-electron chi connectivity index (χ4n) is 10.5. The molecular formula is C55H32N2. The molecule has 3 aliphatic rings. The highest BCUT2D eigenvalue weighted by Gasteiger charge is 2.52. The number of rotatable bonds is 3. The van der Waals surface area contributed by atoms with Crippen LogP contribution in [0.15, 0.2) is 194 Å². The highest BCUT2D eigenvalue weighted by Crippen LogP contribution is 2.66. The quantitative estimate of drug-likeness (QED) is 0.182. The summed E-state index contributed by atoms with van der Waals surface area (Å²) in [6.45, 7) is 0. The lowest BCUT2D eigenvalue weighted by molar-refractivity contribution is 0.795. The maximum Gasteiger partial charge on any atom is 0.160 e. The number of hydrogen-bond acceptors (Lipinski definition) is 2. The van der Waals surface area contributed by atoms with Gasteiger partial charge in [-0.2, -0.15) is 0 Å². The zero-order valence-corrected chi connectivity index (χ0v) is 30.9. The van der Waals surface area contributed by atoms with E-state index in [1.165, 1.54) is 88.7 Å². The highest BCUT2D eigenvalue weighted by molar-refractivity contribution is 6.21. The Bertz CT molecular complexity index is 3340. The number of nitrogens with zero attached hydrogens (tertiary/aromatic N) is 2. The van der Waals surface area contributed by atoms with Gasteiger partial charge in [-0.05, 0) is 107 Å². The third-order valence-corrected chi connectivity index (χ3v) is 12.8. The molecule has 0 bridgehead atoms. The average Bonchev–Trinajstić information content (AvgIpc) is 3.89. The van der Waals surface area contributed by atoms with Crippen LogP contribution in [-0.2, 0) is 5.41 Å². The van der Waals surface area contributed by atoms with E-state index >= 15 is 0 Å². The summed E-state index contributed by atoms with van der Waals surface area (Å²) < 4.78 is 0. The molecule has 57 heavy (non-hydrogen) atoms. The summed E-state index contributed by atoms with van der Waals surface area (Å²) in [5.41, 5.74) is 21.6. The van der Waals surface area contributed by atoms with Gasteiger partial charge in [0.15, 0.2) is 5.82 Å². The molecular weight excluding hydrogens is 689 g/mol. The number of benzene rings is 9. The van der Waals surface area contributed by atoms with Gasteiger partial charge in [-0.25, -0.2) is 9.97 Å². The molecule has 10 aromatic rings. The predicted molar refractivity (Wildman–Crippen MR) is 234 cm³/mol. The van der Waals surface area contributed by atoms with Crippen LogP contribution in [0.5, 0.6) is 0 Å². The lowest BCUT2D eigenvalue weighted by Crippen LogP contribution is -2.26. The zero-order valence-electron chi connectivity index (χ0n) is 30.9. The Balaban J connectivity index is 1.07. The molecule has 9 aromatic carbocycles. The fraction of sp³-hybridized carbons (Fsp3) is 0.0182. The molecule has 0 saturated heterocycles. The van der Waals surface area contributed by atoms with Gasteiger partial charge in [0.1, 0.15) is 0 Å². The smallest absolute Gasteiger partial charge is 0.160 e. The van der Waals surface area contributed by atoms with Crippen LogP contribution in [0.1, 0.15) is 22.3 Å². The third kappa shape index (κ3) is 4.04. The normalized spacial score (nSPS) is 15.1. The molecule has 13 rings (SSSR count). The van der Waals surface area contributed by atoms with Gasteiger partial charge in [-0.1, -0.05) is 176 Å². The van der Waals surface area contributed by atoms with Crippen molar-refractivity contribution in [1.82, 2.24) is 9.97 Å². The van der Waals surface area contributed by atoms with Crippen LogP contribution in [0.3, 0.4) is 0 Å². The van der Waals surface area contributed by atoms with E-state index in [0.29, 0.717) is 0 Å². The summed E-state index contributed by atoms with van der Waals surface area (Å²) in [7, 11) is 0. The van der Waals surface area contributed by atoms with Gasteiger partial charge in [-0.3, -0.25) is 0 Å². The third-order valence-electron chi connectivity index (χ3n) is 12.8. The molecule has 3 aliphatic carbocycles. The second kappa shape index (κ2) is 11.3. The van der Waals surface area contributed by atoms with Gasteiger partial charge in [0, 0.05) is 16.5 Å². The molecule has 2 heteroatoms. The van der Waals surface area contributed by atoms with E-state index in [9.17, 15) is 0 Å². The molecule has 1 heterocycles. The van der Waals surface area contributed by atoms with E-state index in [1.54, 1.807) is 0 Å². The lowest BCUT2D eigenvalue weighted by Gasteiger charge is -2.31. The van der Waals surface area contributed by atoms with Gasteiger partial charge in [-0.15, -0.1) is 0 Å². The summed E-state index contributed by atoms with van der Waals surface area (Å²) in [6, 6.07) is 71.2. The number of fused-ring (bicyclic) bond motifs is 15. The van der Waals surface area contributed by atoms with E-state index in [-0.39, 0.29) is 0 Å². The van der Waals surface area contributed by atoms with Gasteiger partial charge in [0.25, 0.3) is 0 Å².